The first-order chi connectivity index (χ1) is 13.9. The Hall–Kier alpha value is -3.35. The van der Waals surface area contributed by atoms with E-state index in [-0.39, 0.29) is 12.5 Å². The van der Waals surface area contributed by atoms with Crippen molar-refractivity contribution >= 4 is 18.0 Å². The molecule has 29 heavy (non-hydrogen) atoms. The molecule has 0 saturated carbocycles. The summed E-state index contributed by atoms with van der Waals surface area (Å²) in [6, 6.07) is 14.7. The number of amides is 2. The largest absolute Gasteiger partial charge is 0.481 e. The number of hydrogen-bond acceptors (Lipinski definition) is 4. The summed E-state index contributed by atoms with van der Waals surface area (Å²) in [5.74, 6) is -1.75. The number of ether oxygens (including phenoxy) is 1. The van der Waals surface area contributed by atoms with Gasteiger partial charge in [0.15, 0.2) is 0 Å². The molecule has 2 N–H and O–H groups in total. The summed E-state index contributed by atoms with van der Waals surface area (Å²) < 4.78 is 5.40. The predicted molar refractivity (Wildman–Crippen MR) is 108 cm³/mol. The summed E-state index contributed by atoms with van der Waals surface area (Å²) in [5.41, 5.74) is 4.37. The standard InChI is InChI=1S/C22H24N2O5/c1-3-24(2)21(27)19(12-20(25)26)23-22(28)29-13-18-16-10-6-4-8-14(16)15-9-5-7-11-17(15)18/h4-11,18-19H,3,12-13H2,1-2H3,(H,23,28)(H,25,26). The fraction of sp³-hybridized carbons (Fsp3) is 0.318. The van der Waals surface area contributed by atoms with Crippen LogP contribution in [-0.2, 0) is 14.3 Å². The molecule has 0 bridgehead atoms. The van der Waals surface area contributed by atoms with E-state index in [1.165, 1.54) is 4.90 Å². The van der Waals surface area contributed by atoms with E-state index in [2.05, 4.69) is 5.32 Å². The molecule has 152 valence electrons. The maximum atomic E-state index is 12.3. The minimum Gasteiger partial charge on any atom is -0.481 e. The average molecular weight is 396 g/mol. The number of carboxylic acids is 1. The van der Waals surface area contributed by atoms with Crippen LogP contribution in [-0.4, -0.2) is 54.2 Å². The number of aliphatic carboxylic acids is 1. The summed E-state index contributed by atoms with van der Waals surface area (Å²) in [7, 11) is 1.55. The third-order valence-electron chi connectivity index (χ3n) is 5.16. The van der Waals surface area contributed by atoms with Gasteiger partial charge in [0.2, 0.25) is 5.91 Å². The summed E-state index contributed by atoms with van der Waals surface area (Å²) >= 11 is 0. The highest BCUT2D eigenvalue weighted by Gasteiger charge is 2.30. The topological polar surface area (TPSA) is 95.9 Å². The van der Waals surface area contributed by atoms with Crippen molar-refractivity contribution in [3.63, 3.8) is 0 Å². The second kappa shape index (κ2) is 8.77. The Labute approximate surface area is 169 Å². The van der Waals surface area contributed by atoms with Gasteiger partial charge in [-0.3, -0.25) is 9.59 Å². The monoisotopic (exact) mass is 396 g/mol. The van der Waals surface area contributed by atoms with Crippen LogP contribution in [0.3, 0.4) is 0 Å². The highest BCUT2D eigenvalue weighted by molar-refractivity contribution is 5.89. The Morgan fingerprint density at radius 2 is 1.62 bits per heavy atom. The minimum absolute atomic E-state index is 0.0947. The van der Waals surface area contributed by atoms with Gasteiger partial charge < -0.3 is 20.1 Å². The molecule has 1 aliphatic carbocycles. The maximum Gasteiger partial charge on any atom is 0.407 e. The lowest BCUT2D eigenvalue weighted by Crippen LogP contribution is -2.48. The first-order valence-electron chi connectivity index (χ1n) is 9.50. The Morgan fingerprint density at radius 3 is 2.14 bits per heavy atom. The Balaban J connectivity index is 1.70. The van der Waals surface area contributed by atoms with Gasteiger partial charge in [0.05, 0.1) is 6.42 Å². The molecule has 1 atom stereocenters. The Morgan fingerprint density at radius 1 is 1.07 bits per heavy atom. The van der Waals surface area contributed by atoms with Crippen molar-refractivity contribution in [2.45, 2.75) is 25.3 Å². The summed E-state index contributed by atoms with van der Waals surface area (Å²) in [6.45, 7) is 2.27. The number of nitrogens with zero attached hydrogens (tertiary/aromatic N) is 1. The van der Waals surface area contributed by atoms with Crippen molar-refractivity contribution < 1.29 is 24.2 Å². The Bertz CT molecular complexity index is 881. The van der Waals surface area contributed by atoms with Crippen LogP contribution < -0.4 is 5.32 Å². The van der Waals surface area contributed by atoms with Crippen molar-refractivity contribution in [1.82, 2.24) is 10.2 Å². The second-order valence-corrected chi connectivity index (χ2v) is 6.97. The van der Waals surface area contributed by atoms with E-state index in [4.69, 9.17) is 9.84 Å². The van der Waals surface area contributed by atoms with Crippen LogP contribution in [0.5, 0.6) is 0 Å². The smallest absolute Gasteiger partial charge is 0.407 e. The first-order valence-corrected chi connectivity index (χ1v) is 9.50. The van der Waals surface area contributed by atoms with Crippen LogP contribution >= 0.6 is 0 Å². The van der Waals surface area contributed by atoms with Crippen LogP contribution in [0.25, 0.3) is 11.1 Å². The van der Waals surface area contributed by atoms with Crippen LogP contribution in [0.4, 0.5) is 4.79 Å². The van der Waals surface area contributed by atoms with Crippen molar-refractivity contribution in [3.8, 4) is 11.1 Å². The molecule has 2 aromatic rings. The van der Waals surface area contributed by atoms with Gasteiger partial charge in [0, 0.05) is 19.5 Å². The van der Waals surface area contributed by atoms with Gasteiger partial charge in [-0.2, -0.15) is 0 Å². The van der Waals surface area contributed by atoms with E-state index in [1.807, 2.05) is 48.5 Å². The lowest BCUT2D eigenvalue weighted by atomic mass is 9.98. The van der Waals surface area contributed by atoms with Gasteiger partial charge in [-0.15, -0.1) is 0 Å². The SMILES string of the molecule is CCN(C)C(=O)C(CC(=O)O)NC(=O)OCC1c2ccccc2-c2ccccc21. The third kappa shape index (κ3) is 4.39. The van der Waals surface area contributed by atoms with Gasteiger partial charge in [-0.05, 0) is 29.2 Å². The highest BCUT2D eigenvalue weighted by atomic mass is 16.5. The number of carboxylic acid groups (broad SMARTS) is 1. The molecule has 0 spiro atoms. The van der Waals surface area contributed by atoms with Crippen LogP contribution in [0.2, 0.25) is 0 Å². The normalized spacial score (nSPS) is 13.2. The summed E-state index contributed by atoms with van der Waals surface area (Å²) in [5, 5.41) is 11.5. The van der Waals surface area contributed by atoms with E-state index < -0.39 is 30.4 Å². The van der Waals surface area contributed by atoms with E-state index in [1.54, 1.807) is 14.0 Å². The molecule has 0 radical (unpaired) electrons. The number of hydrogen-bond donors (Lipinski definition) is 2. The number of rotatable bonds is 7. The van der Waals surface area contributed by atoms with Crippen molar-refractivity contribution in [2.24, 2.45) is 0 Å². The first kappa shape index (κ1) is 20.4. The van der Waals surface area contributed by atoms with Crippen LogP contribution in [0.1, 0.15) is 30.4 Å². The zero-order valence-electron chi connectivity index (χ0n) is 16.4. The Kier molecular flexibility index (Phi) is 6.16. The molecule has 0 heterocycles. The molecule has 0 aromatic heterocycles. The average Bonchev–Trinajstić information content (AvgIpc) is 3.04. The molecule has 0 fully saturated rings. The van der Waals surface area contributed by atoms with Crippen molar-refractivity contribution in [2.75, 3.05) is 20.2 Å². The summed E-state index contributed by atoms with van der Waals surface area (Å²) in [4.78, 5) is 37.1. The fourth-order valence-electron chi connectivity index (χ4n) is 3.58. The minimum atomic E-state index is -1.17. The number of carbonyl (C=O) groups is 3. The number of fused-ring (bicyclic) bond motifs is 3. The number of nitrogens with one attached hydrogen (secondary N) is 1. The molecule has 2 amide bonds. The van der Waals surface area contributed by atoms with Gasteiger partial charge in [0.25, 0.3) is 0 Å². The molecule has 0 aliphatic heterocycles. The molecule has 2 aromatic carbocycles. The van der Waals surface area contributed by atoms with E-state index in [0.717, 1.165) is 22.3 Å². The fourth-order valence-corrected chi connectivity index (χ4v) is 3.58. The quantitative estimate of drug-likeness (QED) is 0.750. The molecule has 7 nitrogen and oxygen atoms in total. The lowest BCUT2D eigenvalue weighted by Gasteiger charge is -2.22. The number of alkyl carbamates (subject to hydrolysis) is 1. The zero-order valence-corrected chi connectivity index (χ0v) is 16.4. The molecular weight excluding hydrogens is 372 g/mol. The number of carbonyl (C=O) groups excluding carboxylic acids is 2. The zero-order chi connectivity index (χ0) is 21.0. The molecule has 1 unspecified atom stereocenters. The lowest BCUT2D eigenvalue weighted by molar-refractivity contribution is -0.142. The molecule has 7 heteroatoms. The van der Waals surface area contributed by atoms with Gasteiger partial charge in [-0.1, -0.05) is 48.5 Å². The predicted octanol–water partition coefficient (Wildman–Crippen LogP) is 2.85. The summed E-state index contributed by atoms with van der Waals surface area (Å²) in [6.07, 6.45) is -1.32. The van der Waals surface area contributed by atoms with E-state index in [0.29, 0.717) is 6.54 Å². The number of likely N-dealkylation sites (N-methyl/N-ethyl adjacent to an activating group) is 1. The molecule has 3 rings (SSSR count). The van der Waals surface area contributed by atoms with Crippen LogP contribution in [0, 0.1) is 0 Å². The highest BCUT2D eigenvalue weighted by Crippen LogP contribution is 2.44. The molecule has 0 saturated heterocycles. The second-order valence-electron chi connectivity index (χ2n) is 6.97. The van der Waals surface area contributed by atoms with Crippen molar-refractivity contribution in [1.29, 1.82) is 0 Å². The van der Waals surface area contributed by atoms with Gasteiger partial charge >= 0.3 is 12.1 Å². The van der Waals surface area contributed by atoms with Gasteiger partial charge in [-0.25, -0.2) is 4.79 Å². The van der Waals surface area contributed by atoms with Crippen molar-refractivity contribution in [3.05, 3.63) is 59.7 Å². The maximum absolute atomic E-state index is 12.3. The molecule has 1 aliphatic rings. The third-order valence-corrected chi connectivity index (χ3v) is 5.16. The van der Waals surface area contributed by atoms with Gasteiger partial charge in [0.1, 0.15) is 12.6 Å². The number of benzene rings is 2. The van der Waals surface area contributed by atoms with Crippen LogP contribution in [0.15, 0.2) is 48.5 Å². The van der Waals surface area contributed by atoms with E-state index in [9.17, 15) is 14.4 Å². The molecular formula is C22H24N2O5. The van der Waals surface area contributed by atoms with E-state index >= 15 is 0 Å².